The first-order chi connectivity index (χ1) is 15.7. The van der Waals surface area contributed by atoms with E-state index in [2.05, 4.69) is 0 Å². The molecule has 4 N–H and O–H groups in total. The zero-order valence-corrected chi connectivity index (χ0v) is 19.8. The average molecular weight is 478 g/mol. The number of ketones is 2. The highest BCUT2D eigenvalue weighted by Gasteiger charge is 2.61. The van der Waals surface area contributed by atoms with Crippen LogP contribution in [0.5, 0.6) is 17.2 Å². The third-order valence-electron chi connectivity index (χ3n) is 7.30. The Hall–Kier alpha value is -3.14. The minimum atomic E-state index is -1.16. The van der Waals surface area contributed by atoms with Crippen LogP contribution < -0.4 is 0 Å². The third kappa shape index (κ3) is 3.79. The van der Waals surface area contributed by atoms with Gasteiger partial charge in [0.1, 0.15) is 19.0 Å². The number of aliphatic hydroxyl groups is 1. The van der Waals surface area contributed by atoms with Crippen molar-refractivity contribution in [1.82, 2.24) is 0 Å². The fourth-order valence-electron chi connectivity index (χ4n) is 5.66. The van der Waals surface area contributed by atoms with E-state index in [0.717, 1.165) is 13.8 Å². The molecule has 2 aliphatic carbocycles. The Labute approximate surface area is 196 Å². The maximum absolute atomic E-state index is 13.3. The van der Waals surface area contributed by atoms with Crippen molar-refractivity contribution in [2.75, 3.05) is 13.2 Å². The Morgan fingerprint density at radius 2 is 1.50 bits per heavy atom. The van der Waals surface area contributed by atoms with E-state index in [1.807, 2.05) is 0 Å². The second-order valence-corrected chi connectivity index (χ2v) is 9.93. The normalized spacial score (nSPS) is 25.5. The highest BCUT2D eigenvalue weighted by Crippen LogP contribution is 2.61. The molecule has 3 rings (SSSR count). The summed E-state index contributed by atoms with van der Waals surface area (Å²) in [4.78, 5) is 49.2. The summed E-state index contributed by atoms with van der Waals surface area (Å²) < 4.78 is 9.93. The van der Waals surface area contributed by atoms with Gasteiger partial charge in [-0.1, -0.05) is 20.8 Å². The lowest BCUT2D eigenvalue weighted by Gasteiger charge is -2.54. The summed E-state index contributed by atoms with van der Waals surface area (Å²) >= 11 is 0. The van der Waals surface area contributed by atoms with Crippen molar-refractivity contribution in [3.8, 4) is 17.2 Å². The number of benzene rings is 1. The first-order valence-corrected chi connectivity index (χ1v) is 11.0. The van der Waals surface area contributed by atoms with Gasteiger partial charge in [-0.15, -0.1) is 0 Å². The first-order valence-electron chi connectivity index (χ1n) is 11.0. The van der Waals surface area contributed by atoms with Crippen LogP contribution in [0.3, 0.4) is 0 Å². The lowest BCUT2D eigenvalue weighted by molar-refractivity contribution is -0.144. The van der Waals surface area contributed by atoms with Gasteiger partial charge in [0.2, 0.25) is 11.6 Å². The molecule has 0 aliphatic heterocycles. The van der Waals surface area contributed by atoms with Crippen molar-refractivity contribution in [2.45, 2.75) is 64.9 Å². The Balaban J connectivity index is 2.27. The Bertz CT molecular complexity index is 1050. The molecule has 0 aromatic heterocycles. The second kappa shape index (κ2) is 8.57. The number of fused-ring (bicyclic) bond motifs is 3. The maximum Gasteiger partial charge on any atom is 0.302 e. The van der Waals surface area contributed by atoms with Crippen molar-refractivity contribution >= 4 is 23.5 Å². The van der Waals surface area contributed by atoms with Gasteiger partial charge in [-0.25, -0.2) is 0 Å². The summed E-state index contributed by atoms with van der Waals surface area (Å²) in [6.07, 6.45) is -0.389. The van der Waals surface area contributed by atoms with Crippen molar-refractivity contribution < 1.29 is 49.1 Å². The van der Waals surface area contributed by atoms with E-state index in [4.69, 9.17) is 9.47 Å². The predicted molar refractivity (Wildman–Crippen MR) is 117 cm³/mol. The molecule has 1 aromatic carbocycles. The minimum Gasteiger partial charge on any atom is -0.507 e. The van der Waals surface area contributed by atoms with Crippen molar-refractivity contribution in [2.24, 2.45) is 11.3 Å². The number of Topliss-reactive ketones (excluding diaryl/α,β-unsaturated/α-hetero) is 2. The number of esters is 2. The highest BCUT2D eigenvalue weighted by atomic mass is 16.5. The fraction of sp³-hybridized carbons (Fsp3) is 0.583. The van der Waals surface area contributed by atoms with Crippen LogP contribution in [0, 0.1) is 11.3 Å². The van der Waals surface area contributed by atoms with Crippen LogP contribution in [0.15, 0.2) is 0 Å². The monoisotopic (exact) mass is 478 g/mol. The molecular formula is C24H30O10. The number of hydrogen-bond donors (Lipinski definition) is 4. The van der Waals surface area contributed by atoms with Gasteiger partial charge in [-0.05, 0) is 12.8 Å². The summed E-state index contributed by atoms with van der Waals surface area (Å²) in [5.41, 5.74) is -3.07. The van der Waals surface area contributed by atoms with E-state index in [1.54, 1.807) is 20.8 Å². The van der Waals surface area contributed by atoms with Crippen LogP contribution >= 0.6 is 0 Å². The zero-order chi connectivity index (χ0) is 25.7. The molecule has 0 amide bonds. The van der Waals surface area contributed by atoms with Crippen LogP contribution in [-0.4, -0.2) is 63.2 Å². The number of aliphatic hydroxyl groups excluding tert-OH is 1. The van der Waals surface area contributed by atoms with Crippen molar-refractivity contribution in [3.05, 3.63) is 16.7 Å². The largest absolute Gasteiger partial charge is 0.507 e. The summed E-state index contributed by atoms with van der Waals surface area (Å²) in [5, 5.41) is 43.7. The lowest BCUT2D eigenvalue weighted by atomic mass is 9.48. The van der Waals surface area contributed by atoms with Gasteiger partial charge in [0.15, 0.2) is 11.5 Å². The minimum absolute atomic E-state index is 0.0699. The molecular weight excluding hydrogens is 448 g/mol. The van der Waals surface area contributed by atoms with Gasteiger partial charge in [0, 0.05) is 36.2 Å². The number of aromatic hydroxyl groups is 3. The van der Waals surface area contributed by atoms with E-state index in [-0.39, 0.29) is 24.0 Å². The van der Waals surface area contributed by atoms with Gasteiger partial charge in [-0.2, -0.15) is 0 Å². The molecule has 0 radical (unpaired) electrons. The molecule has 3 atom stereocenters. The van der Waals surface area contributed by atoms with Crippen LogP contribution in [0.2, 0.25) is 0 Å². The molecule has 34 heavy (non-hydrogen) atoms. The number of phenols is 3. The number of hydrogen-bond acceptors (Lipinski definition) is 10. The fourth-order valence-corrected chi connectivity index (χ4v) is 5.66. The number of rotatable bonds is 5. The van der Waals surface area contributed by atoms with Crippen LogP contribution in [0.25, 0.3) is 0 Å². The molecule has 186 valence electrons. The molecule has 10 heteroatoms. The topological polar surface area (TPSA) is 168 Å². The molecule has 0 heterocycles. The predicted octanol–water partition coefficient (Wildman–Crippen LogP) is 1.83. The molecule has 1 saturated carbocycles. The molecule has 0 saturated heterocycles. The maximum atomic E-state index is 13.3. The molecule has 1 aromatic rings. The number of phenolic OH excluding ortho intramolecular Hbond substituents is 3. The van der Waals surface area contributed by atoms with Gasteiger partial charge in [-0.3, -0.25) is 19.2 Å². The van der Waals surface area contributed by atoms with E-state index in [1.165, 1.54) is 0 Å². The molecule has 3 unspecified atom stereocenters. The molecule has 2 aliphatic rings. The quantitative estimate of drug-likeness (QED) is 0.212. The molecule has 10 nitrogen and oxygen atoms in total. The van der Waals surface area contributed by atoms with E-state index >= 15 is 0 Å². The average Bonchev–Trinajstić information content (AvgIpc) is 2.73. The van der Waals surface area contributed by atoms with Crippen LogP contribution in [-0.2, 0) is 29.3 Å². The molecule has 0 bridgehead atoms. The first kappa shape index (κ1) is 25.5. The Kier molecular flexibility index (Phi) is 6.43. The molecule has 1 fully saturated rings. The van der Waals surface area contributed by atoms with Crippen molar-refractivity contribution in [1.29, 1.82) is 0 Å². The summed E-state index contributed by atoms with van der Waals surface area (Å²) in [6, 6.07) is 0. The number of carbonyl (C=O) groups is 4. The van der Waals surface area contributed by atoms with Crippen molar-refractivity contribution in [3.63, 3.8) is 0 Å². The smallest absolute Gasteiger partial charge is 0.302 e. The third-order valence-corrected chi connectivity index (χ3v) is 7.30. The van der Waals surface area contributed by atoms with E-state index < -0.39 is 88.3 Å². The van der Waals surface area contributed by atoms with Crippen LogP contribution in [0.4, 0.5) is 0 Å². The summed E-state index contributed by atoms with van der Waals surface area (Å²) in [6.45, 7) is 6.36. The van der Waals surface area contributed by atoms with E-state index in [9.17, 15) is 39.6 Å². The van der Waals surface area contributed by atoms with Gasteiger partial charge < -0.3 is 29.9 Å². The lowest BCUT2D eigenvalue weighted by Crippen LogP contribution is -2.59. The summed E-state index contributed by atoms with van der Waals surface area (Å²) in [5.74, 6) is -7.60. The Morgan fingerprint density at radius 1 is 0.971 bits per heavy atom. The Morgan fingerprint density at radius 3 is 2.00 bits per heavy atom. The van der Waals surface area contributed by atoms with Gasteiger partial charge >= 0.3 is 11.9 Å². The standard InChI is InChI=1S/C24H30O10/c1-10(25)33-8-12(9-34-11(2)26)14-17(28)15-16(20(31)18(14)29)24(5)7-6-13(27)23(3,4)22(24)21(32)19(15)30/h12-13,22,27-29,31H,6-9H2,1-5H3. The molecule has 0 spiro atoms. The second-order valence-electron chi connectivity index (χ2n) is 9.93. The number of carbonyl (C=O) groups excluding carboxylic acids is 4. The van der Waals surface area contributed by atoms with Gasteiger partial charge in [0.25, 0.3) is 0 Å². The zero-order valence-electron chi connectivity index (χ0n) is 19.8. The SMILES string of the molecule is CC(=O)OCC(COC(C)=O)c1c(O)c(O)c2c(c1O)C(=O)C(=O)C1C2(C)CCC(O)C1(C)C. The van der Waals surface area contributed by atoms with Gasteiger partial charge in [0.05, 0.1) is 23.1 Å². The van der Waals surface area contributed by atoms with E-state index in [0.29, 0.717) is 0 Å². The summed E-state index contributed by atoms with van der Waals surface area (Å²) in [7, 11) is 0. The van der Waals surface area contributed by atoms with Crippen LogP contribution in [0.1, 0.15) is 74.9 Å². The highest BCUT2D eigenvalue weighted by molar-refractivity contribution is 6.47. The number of ether oxygens (including phenoxy) is 2.